The molecule has 1 heterocycles. The van der Waals surface area contributed by atoms with Crippen LogP contribution in [-0.4, -0.2) is 28.2 Å². The van der Waals surface area contributed by atoms with Crippen molar-refractivity contribution in [3.63, 3.8) is 0 Å². The van der Waals surface area contributed by atoms with Gasteiger partial charge in [0.25, 0.3) is 5.69 Å². The zero-order chi connectivity index (χ0) is 15.4. The summed E-state index contributed by atoms with van der Waals surface area (Å²) < 4.78 is 0.544. The maximum Gasteiger partial charge on any atom is 0.283 e. The molecule has 1 fully saturated rings. The lowest BCUT2D eigenvalue weighted by molar-refractivity contribution is -0.385. The highest BCUT2D eigenvalue weighted by molar-refractivity contribution is 9.10. The highest BCUT2D eigenvalue weighted by atomic mass is 79.9. The van der Waals surface area contributed by atoms with Crippen LogP contribution < -0.4 is 0 Å². The Morgan fingerprint density at radius 2 is 2.24 bits per heavy atom. The van der Waals surface area contributed by atoms with E-state index in [0.717, 1.165) is 31.4 Å². The molecule has 0 bridgehead atoms. The number of Topliss-reactive ketones (excluding diaryl/α,β-unsaturated/α-hetero) is 1. The van der Waals surface area contributed by atoms with Gasteiger partial charge in [0.15, 0.2) is 0 Å². The van der Waals surface area contributed by atoms with E-state index in [4.69, 9.17) is 0 Å². The van der Waals surface area contributed by atoms with Crippen molar-refractivity contribution in [2.75, 3.05) is 6.54 Å². The van der Waals surface area contributed by atoms with Gasteiger partial charge in [0, 0.05) is 25.1 Å². The number of benzene rings is 1. The summed E-state index contributed by atoms with van der Waals surface area (Å²) in [5.41, 5.74) is 0.993. The van der Waals surface area contributed by atoms with Gasteiger partial charge < -0.3 is 0 Å². The van der Waals surface area contributed by atoms with Crippen molar-refractivity contribution in [1.29, 1.82) is 0 Å². The third kappa shape index (κ3) is 4.11. The summed E-state index contributed by atoms with van der Waals surface area (Å²) in [4.78, 5) is 24.3. The predicted octanol–water partition coefficient (Wildman–Crippen LogP) is 3.69. The third-order valence-electron chi connectivity index (χ3n) is 3.90. The summed E-state index contributed by atoms with van der Waals surface area (Å²) in [5, 5.41) is 11.0. The zero-order valence-corrected chi connectivity index (χ0v) is 13.6. The molecule has 1 saturated heterocycles. The monoisotopic (exact) mass is 354 g/mol. The fourth-order valence-corrected chi connectivity index (χ4v) is 3.41. The van der Waals surface area contributed by atoms with Crippen LogP contribution in [0.15, 0.2) is 22.7 Å². The van der Waals surface area contributed by atoms with Crippen LogP contribution >= 0.6 is 15.9 Å². The number of nitro groups is 1. The van der Waals surface area contributed by atoms with Gasteiger partial charge in [-0.15, -0.1) is 0 Å². The minimum atomic E-state index is -0.378. The quantitative estimate of drug-likeness (QED) is 0.597. The van der Waals surface area contributed by atoms with Crippen molar-refractivity contribution in [2.45, 2.75) is 45.2 Å². The Bertz CT molecular complexity index is 548. The number of rotatable bonds is 5. The molecule has 114 valence electrons. The molecule has 0 aliphatic carbocycles. The Kier molecular flexibility index (Phi) is 5.47. The van der Waals surface area contributed by atoms with Gasteiger partial charge in [-0.25, -0.2) is 0 Å². The van der Waals surface area contributed by atoms with Gasteiger partial charge in [-0.2, -0.15) is 0 Å². The number of carbonyl (C=O) groups is 1. The lowest BCUT2D eigenvalue weighted by Gasteiger charge is -2.35. The van der Waals surface area contributed by atoms with Crippen LogP contribution in [0.4, 0.5) is 5.69 Å². The second kappa shape index (κ2) is 7.13. The maximum absolute atomic E-state index is 11.4. The van der Waals surface area contributed by atoms with Crippen molar-refractivity contribution in [3.8, 4) is 0 Å². The van der Waals surface area contributed by atoms with Crippen LogP contribution in [0.1, 0.15) is 38.2 Å². The van der Waals surface area contributed by atoms with Gasteiger partial charge in [-0.05, 0) is 47.8 Å². The number of hydrogen-bond acceptors (Lipinski definition) is 4. The summed E-state index contributed by atoms with van der Waals surface area (Å²) >= 11 is 3.34. The van der Waals surface area contributed by atoms with Crippen molar-refractivity contribution >= 4 is 27.4 Å². The smallest absolute Gasteiger partial charge is 0.283 e. The standard InChI is InChI=1S/C15H19BrN2O3/c1-11(19)9-13-6-2-3-8-17(13)10-12-5-4-7-14(15(12)16)18(20)21/h4-5,7,13H,2-3,6,8-10H2,1H3. The number of nitro benzene ring substituents is 1. The molecule has 21 heavy (non-hydrogen) atoms. The van der Waals surface area contributed by atoms with Crippen LogP contribution in [-0.2, 0) is 11.3 Å². The molecule has 1 aliphatic heterocycles. The van der Waals surface area contributed by atoms with Gasteiger partial charge in [0.05, 0.1) is 9.40 Å². The van der Waals surface area contributed by atoms with E-state index < -0.39 is 0 Å². The first-order valence-electron chi connectivity index (χ1n) is 7.14. The van der Waals surface area contributed by atoms with E-state index in [-0.39, 0.29) is 22.4 Å². The van der Waals surface area contributed by atoms with Crippen LogP contribution in [0.3, 0.4) is 0 Å². The van der Waals surface area contributed by atoms with Crippen molar-refractivity contribution in [1.82, 2.24) is 4.90 Å². The second-order valence-corrected chi connectivity index (χ2v) is 6.33. The number of likely N-dealkylation sites (tertiary alicyclic amines) is 1. The average Bonchev–Trinajstić information content (AvgIpc) is 2.42. The second-order valence-electron chi connectivity index (χ2n) is 5.53. The summed E-state index contributed by atoms with van der Waals surface area (Å²) in [6, 6.07) is 5.36. The molecular weight excluding hydrogens is 336 g/mol. The van der Waals surface area contributed by atoms with Crippen molar-refractivity contribution in [2.24, 2.45) is 0 Å². The molecule has 1 unspecified atom stereocenters. The number of halogens is 1. The molecule has 1 aromatic carbocycles. The number of piperidine rings is 1. The van der Waals surface area contributed by atoms with Crippen LogP contribution in [0.2, 0.25) is 0 Å². The Labute approximate surface area is 132 Å². The first-order valence-corrected chi connectivity index (χ1v) is 7.93. The lowest BCUT2D eigenvalue weighted by Crippen LogP contribution is -2.40. The molecule has 1 aromatic rings. The Morgan fingerprint density at radius 3 is 2.90 bits per heavy atom. The minimum absolute atomic E-state index is 0.0904. The topological polar surface area (TPSA) is 63.5 Å². The zero-order valence-electron chi connectivity index (χ0n) is 12.0. The largest absolute Gasteiger partial charge is 0.300 e. The molecule has 0 aromatic heterocycles. The molecule has 0 spiro atoms. The first-order chi connectivity index (χ1) is 9.99. The van der Waals surface area contributed by atoms with Crippen LogP contribution in [0, 0.1) is 10.1 Å². The van der Waals surface area contributed by atoms with Crippen LogP contribution in [0.25, 0.3) is 0 Å². The Balaban J connectivity index is 2.17. The molecule has 1 aliphatic rings. The van der Waals surface area contributed by atoms with Crippen LogP contribution in [0.5, 0.6) is 0 Å². The maximum atomic E-state index is 11.4. The first kappa shape index (κ1) is 16.1. The van der Waals surface area contributed by atoms with E-state index in [1.54, 1.807) is 13.0 Å². The molecule has 0 amide bonds. The summed E-state index contributed by atoms with van der Waals surface area (Å²) in [6.45, 7) is 3.20. The molecule has 6 heteroatoms. The molecule has 0 saturated carbocycles. The average molecular weight is 355 g/mol. The fraction of sp³-hybridized carbons (Fsp3) is 0.533. The van der Waals surface area contributed by atoms with E-state index in [0.29, 0.717) is 17.4 Å². The van der Waals surface area contributed by atoms with Crippen molar-refractivity contribution < 1.29 is 9.72 Å². The predicted molar refractivity (Wildman–Crippen MR) is 84.1 cm³/mol. The number of ketones is 1. The van der Waals surface area contributed by atoms with Gasteiger partial charge in [-0.3, -0.25) is 19.8 Å². The summed E-state index contributed by atoms with van der Waals surface area (Å²) in [6.07, 6.45) is 3.84. The fourth-order valence-electron chi connectivity index (χ4n) is 2.88. The van der Waals surface area contributed by atoms with E-state index in [1.807, 2.05) is 6.07 Å². The highest BCUT2D eigenvalue weighted by Crippen LogP contribution is 2.31. The Morgan fingerprint density at radius 1 is 1.48 bits per heavy atom. The Hall–Kier alpha value is -1.27. The minimum Gasteiger partial charge on any atom is -0.300 e. The molecular formula is C15H19BrN2O3. The molecule has 0 radical (unpaired) electrons. The van der Waals surface area contributed by atoms with Gasteiger partial charge in [-0.1, -0.05) is 18.6 Å². The number of hydrogen-bond donors (Lipinski definition) is 0. The molecule has 5 nitrogen and oxygen atoms in total. The van der Waals surface area contributed by atoms with E-state index >= 15 is 0 Å². The SMILES string of the molecule is CC(=O)CC1CCCCN1Cc1cccc([N+](=O)[O-])c1Br. The lowest BCUT2D eigenvalue weighted by atomic mass is 9.97. The third-order valence-corrected chi connectivity index (χ3v) is 4.82. The number of nitrogens with zero attached hydrogens (tertiary/aromatic N) is 2. The summed E-state index contributed by atoms with van der Waals surface area (Å²) in [7, 11) is 0. The molecule has 0 N–H and O–H groups in total. The van der Waals surface area contributed by atoms with E-state index in [2.05, 4.69) is 20.8 Å². The number of carbonyl (C=O) groups excluding carboxylic acids is 1. The highest BCUT2D eigenvalue weighted by Gasteiger charge is 2.25. The van der Waals surface area contributed by atoms with Gasteiger partial charge >= 0.3 is 0 Å². The molecule has 2 rings (SSSR count). The summed E-state index contributed by atoms with van der Waals surface area (Å²) in [5.74, 6) is 0.199. The van der Waals surface area contributed by atoms with Gasteiger partial charge in [0.2, 0.25) is 0 Å². The van der Waals surface area contributed by atoms with Crippen molar-refractivity contribution in [3.05, 3.63) is 38.3 Å². The van der Waals surface area contributed by atoms with E-state index in [1.165, 1.54) is 6.07 Å². The normalized spacial score (nSPS) is 19.4. The van der Waals surface area contributed by atoms with Gasteiger partial charge in [0.1, 0.15) is 5.78 Å². The van der Waals surface area contributed by atoms with E-state index in [9.17, 15) is 14.9 Å². The molecule has 1 atom stereocenters.